The van der Waals surface area contributed by atoms with Crippen molar-refractivity contribution in [1.29, 1.82) is 5.26 Å². The van der Waals surface area contributed by atoms with Crippen LogP contribution < -0.4 is 4.90 Å². The number of aromatic nitrogens is 2. The van der Waals surface area contributed by atoms with Gasteiger partial charge in [0.25, 0.3) is 0 Å². The molecule has 30 heavy (non-hydrogen) atoms. The summed E-state index contributed by atoms with van der Waals surface area (Å²) in [6, 6.07) is 21.3. The number of rotatable bonds is 3. The summed E-state index contributed by atoms with van der Waals surface area (Å²) < 4.78 is 2.25. The summed E-state index contributed by atoms with van der Waals surface area (Å²) in [7, 11) is 0. The molecule has 0 N–H and O–H groups in total. The van der Waals surface area contributed by atoms with E-state index in [9.17, 15) is 5.26 Å². The maximum atomic E-state index is 10.1. The molecule has 1 saturated heterocycles. The fourth-order valence-corrected chi connectivity index (χ4v) is 4.79. The lowest BCUT2D eigenvalue weighted by molar-refractivity contribution is 0.726. The molecule has 5 rings (SSSR count). The third-order valence-corrected chi connectivity index (χ3v) is 6.33. The average Bonchev–Trinajstić information content (AvgIpc) is 2.95. The second-order valence-corrected chi connectivity index (χ2v) is 8.24. The molecule has 0 spiro atoms. The Labute approximate surface area is 177 Å². The molecule has 0 atom stereocenters. The van der Waals surface area contributed by atoms with Crippen LogP contribution in [0.15, 0.2) is 54.6 Å². The number of nitriles is 1. The molecule has 150 valence electrons. The molecule has 0 saturated carbocycles. The average molecular weight is 395 g/mol. The Morgan fingerprint density at radius 2 is 1.63 bits per heavy atom. The topological polar surface area (TPSA) is 44.3 Å². The first-order chi connectivity index (χ1) is 14.8. The number of imidazole rings is 1. The SMILES string of the molecule is Cc1c(Cc2ccccc2)c(N2CCCCCC2)n2c(nc3ccccc32)c1C#N. The molecule has 0 aliphatic carbocycles. The van der Waals surface area contributed by atoms with Crippen molar-refractivity contribution in [2.75, 3.05) is 18.0 Å². The maximum absolute atomic E-state index is 10.1. The van der Waals surface area contributed by atoms with E-state index in [0.717, 1.165) is 41.8 Å². The molecule has 4 aromatic rings. The Morgan fingerprint density at radius 3 is 2.37 bits per heavy atom. The van der Waals surface area contributed by atoms with Gasteiger partial charge in [0.2, 0.25) is 0 Å². The smallest absolute Gasteiger partial charge is 0.157 e. The van der Waals surface area contributed by atoms with Crippen LogP contribution in [0.25, 0.3) is 16.7 Å². The molecule has 2 aromatic carbocycles. The molecule has 3 heterocycles. The van der Waals surface area contributed by atoms with Gasteiger partial charge in [0.05, 0.1) is 16.6 Å². The van der Waals surface area contributed by atoms with E-state index < -0.39 is 0 Å². The van der Waals surface area contributed by atoms with Gasteiger partial charge in [-0.2, -0.15) is 5.26 Å². The molecule has 0 bridgehead atoms. The Bertz CT molecular complexity index is 1240. The van der Waals surface area contributed by atoms with Crippen LogP contribution in [-0.2, 0) is 6.42 Å². The second kappa shape index (κ2) is 7.84. The van der Waals surface area contributed by atoms with Crippen molar-refractivity contribution in [3.05, 3.63) is 76.9 Å². The molecule has 4 heteroatoms. The predicted molar refractivity (Wildman–Crippen MR) is 122 cm³/mol. The van der Waals surface area contributed by atoms with Crippen LogP contribution in [0.5, 0.6) is 0 Å². The highest BCUT2D eigenvalue weighted by atomic mass is 15.2. The number of pyridine rings is 1. The van der Waals surface area contributed by atoms with Gasteiger partial charge >= 0.3 is 0 Å². The molecule has 1 aliphatic heterocycles. The van der Waals surface area contributed by atoms with E-state index in [0.29, 0.717) is 5.56 Å². The minimum Gasteiger partial charge on any atom is -0.357 e. The van der Waals surface area contributed by atoms with Crippen molar-refractivity contribution in [3.63, 3.8) is 0 Å². The van der Waals surface area contributed by atoms with E-state index in [4.69, 9.17) is 4.98 Å². The normalized spacial score (nSPS) is 14.7. The van der Waals surface area contributed by atoms with E-state index in [-0.39, 0.29) is 0 Å². The van der Waals surface area contributed by atoms with Crippen molar-refractivity contribution >= 4 is 22.5 Å². The number of anilines is 1. The first kappa shape index (κ1) is 18.7. The highest BCUT2D eigenvalue weighted by molar-refractivity contribution is 5.86. The van der Waals surface area contributed by atoms with E-state index in [2.05, 4.69) is 64.8 Å². The highest BCUT2D eigenvalue weighted by Crippen LogP contribution is 2.35. The molecular weight excluding hydrogens is 368 g/mol. The van der Waals surface area contributed by atoms with Gasteiger partial charge in [0.1, 0.15) is 11.9 Å². The molecule has 4 nitrogen and oxygen atoms in total. The number of para-hydroxylation sites is 2. The number of fused-ring (bicyclic) bond motifs is 3. The summed E-state index contributed by atoms with van der Waals surface area (Å²) in [4.78, 5) is 7.43. The molecule has 0 amide bonds. The van der Waals surface area contributed by atoms with Crippen molar-refractivity contribution < 1.29 is 0 Å². The van der Waals surface area contributed by atoms with E-state index in [1.807, 2.05) is 12.1 Å². The van der Waals surface area contributed by atoms with Crippen LogP contribution in [0.4, 0.5) is 5.82 Å². The monoisotopic (exact) mass is 394 g/mol. The van der Waals surface area contributed by atoms with Gasteiger partial charge in [-0.1, -0.05) is 55.3 Å². The van der Waals surface area contributed by atoms with Crippen molar-refractivity contribution in [2.24, 2.45) is 0 Å². The minimum atomic E-state index is 0.690. The summed E-state index contributed by atoms with van der Waals surface area (Å²) in [5, 5.41) is 10.1. The zero-order valence-electron chi connectivity index (χ0n) is 17.4. The Hall–Kier alpha value is -3.32. The van der Waals surface area contributed by atoms with Gasteiger partial charge in [-0.15, -0.1) is 0 Å². The summed E-state index contributed by atoms with van der Waals surface area (Å²) in [6.45, 7) is 4.20. The summed E-state index contributed by atoms with van der Waals surface area (Å²) in [5.74, 6) is 1.22. The number of hydrogen-bond acceptors (Lipinski definition) is 3. The Kier molecular flexibility index (Phi) is 4.88. The fourth-order valence-electron chi connectivity index (χ4n) is 4.79. The van der Waals surface area contributed by atoms with Crippen molar-refractivity contribution in [3.8, 4) is 6.07 Å². The standard InChI is InChI=1S/C26H26N4/c1-19-21(17-20-11-5-4-6-12-20)26(29-15-9-2-3-10-16-29)30-24-14-8-7-13-23(24)28-25(30)22(19)18-27/h4-8,11-14H,2-3,9-10,15-17H2,1H3. The van der Waals surface area contributed by atoms with Crippen LogP contribution in [0.2, 0.25) is 0 Å². The minimum absolute atomic E-state index is 0.690. The zero-order valence-corrected chi connectivity index (χ0v) is 17.4. The second-order valence-electron chi connectivity index (χ2n) is 8.24. The first-order valence-corrected chi connectivity index (χ1v) is 10.9. The third kappa shape index (κ3) is 3.11. The lowest BCUT2D eigenvalue weighted by atomic mass is 9.97. The van der Waals surface area contributed by atoms with Gasteiger partial charge in [0, 0.05) is 25.1 Å². The molecular formula is C26H26N4. The van der Waals surface area contributed by atoms with Crippen LogP contribution in [0.1, 0.15) is 47.9 Å². The molecule has 1 fully saturated rings. The zero-order chi connectivity index (χ0) is 20.5. The first-order valence-electron chi connectivity index (χ1n) is 10.9. The Morgan fingerprint density at radius 1 is 0.933 bits per heavy atom. The van der Waals surface area contributed by atoms with E-state index in [1.165, 1.54) is 42.6 Å². The summed E-state index contributed by atoms with van der Waals surface area (Å²) in [6.07, 6.45) is 5.80. The van der Waals surface area contributed by atoms with E-state index >= 15 is 0 Å². The largest absolute Gasteiger partial charge is 0.357 e. The third-order valence-electron chi connectivity index (χ3n) is 6.33. The van der Waals surface area contributed by atoms with Gasteiger partial charge in [-0.05, 0) is 43.0 Å². The van der Waals surface area contributed by atoms with Crippen LogP contribution in [0, 0.1) is 18.3 Å². The highest BCUT2D eigenvalue weighted by Gasteiger charge is 2.24. The maximum Gasteiger partial charge on any atom is 0.157 e. The number of nitrogens with zero attached hydrogens (tertiary/aromatic N) is 4. The van der Waals surface area contributed by atoms with Crippen molar-refractivity contribution in [2.45, 2.75) is 39.0 Å². The molecule has 0 unspecified atom stereocenters. The predicted octanol–water partition coefficient (Wildman–Crippen LogP) is 5.64. The quantitative estimate of drug-likeness (QED) is 0.452. The van der Waals surface area contributed by atoms with E-state index in [1.54, 1.807) is 0 Å². The van der Waals surface area contributed by atoms with Crippen LogP contribution >= 0.6 is 0 Å². The summed E-state index contributed by atoms with van der Waals surface area (Å²) >= 11 is 0. The van der Waals surface area contributed by atoms with Crippen molar-refractivity contribution in [1.82, 2.24) is 9.38 Å². The number of hydrogen-bond donors (Lipinski definition) is 0. The lowest BCUT2D eigenvalue weighted by Crippen LogP contribution is -2.28. The van der Waals surface area contributed by atoms with Gasteiger partial charge in [0.15, 0.2) is 5.65 Å². The molecule has 1 aliphatic rings. The molecule has 2 aromatic heterocycles. The van der Waals surface area contributed by atoms with Crippen LogP contribution in [0.3, 0.4) is 0 Å². The number of benzene rings is 2. The van der Waals surface area contributed by atoms with Gasteiger partial charge in [-0.3, -0.25) is 4.40 Å². The van der Waals surface area contributed by atoms with Gasteiger partial charge < -0.3 is 4.90 Å². The Balaban J connectivity index is 1.85. The van der Waals surface area contributed by atoms with Crippen LogP contribution in [-0.4, -0.2) is 22.5 Å². The lowest BCUT2D eigenvalue weighted by Gasteiger charge is -2.28. The fraction of sp³-hybridized carbons (Fsp3) is 0.308. The summed E-state index contributed by atoms with van der Waals surface area (Å²) in [5.41, 5.74) is 7.07. The van der Waals surface area contributed by atoms with Gasteiger partial charge in [-0.25, -0.2) is 4.98 Å². The molecule has 0 radical (unpaired) electrons.